The molecule has 5 heteroatoms. The molecule has 0 nitrogen and oxygen atoms in total. The Morgan fingerprint density at radius 2 is 1.53 bits per heavy atom. The van der Waals surface area contributed by atoms with E-state index in [-0.39, 0.29) is 51.4 Å². The monoisotopic (exact) mass is 238 g/mol. The Labute approximate surface area is 130 Å². The normalized spacial score (nSPS) is 11.5. The van der Waals surface area contributed by atoms with E-state index in [4.69, 9.17) is 0 Å². The summed E-state index contributed by atoms with van der Waals surface area (Å²) in [5.41, 5.74) is 2.38. The smallest absolute Gasteiger partial charge is 0.445 e. The van der Waals surface area contributed by atoms with Gasteiger partial charge in [0.1, 0.15) is 0 Å². The fourth-order valence-electron chi connectivity index (χ4n) is 1.30. The molecule has 0 unspecified atom stereocenters. The van der Waals surface area contributed by atoms with Crippen molar-refractivity contribution in [1.82, 2.24) is 0 Å². The Balaban J connectivity index is 0.00000196. The number of hydrogen-bond donors (Lipinski definition) is 0. The molecular weight excluding hydrogens is 227 g/mol. The third-order valence-electron chi connectivity index (χ3n) is 2.02. The van der Waals surface area contributed by atoms with Gasteiger partial charge in [0.05, 0.1) is 0 Å². The summed E-state index contributed by atoms with van der Waals surface area (Å²) < 4.78 is 35.9. The number of halogens is 3. The van der Waals surface area contributed by atoms with Crippen LogP contribution in [0.5, 0.6) is 0 Å². The van der Waals surface area contributed by atoms with Gasteiger partial charge in [-0.3, -0.25) is 0 Å². The van der Waals surface area contributed by atoms with Gasteiger partial charge in [-0.05, 0) is 30.5 Å². The molecule has 0 atom stereocenters. The molecule has 0 amide bonds. The second-order valence-electron chi connectivity index (χ2n) is 3.29. The van der Waals surface area contributed by atoms with Crippen molar-refractivity contribution in [2.45, 2.75) is 13.8 Å². The van der Waals surface area contributed by atoms with Crippen molar-refractivity contribution in [2.24, 2.45) is 0 Å². The topological polar surface area (TPSA) is 0 Å². The summed E-state index contributed by atoms with van der Waals surface area (Å²) >= 11 is 0. The molecule has 1 aromatic carbocycles. The first-order valence-electron chi connectivity index (χ1n) is 4.35. The summed E-state index contributed by atoms with van der Waals surface area (Å²) in [7, 11) is 0. The largest absolute Gasteiger partial charge is 1.00 e. The van der Waals surface area contributed by atoms with Crippen LogP contribution in [0.25, 0.3) is 6.08 Å². The molecule has 0 radical (unpaired) electrons. The standard InChI is InChI=1S/C10H11BF3.K/c1-8-4-3-5-9(2)10(8)6-7-11(12,13)14;/h3-7H,1-2H3;/q-1;+1/b7-6+;. The molecule has 0 aliphatic carbocycles. The second-order valence-corrected chi connectivity index (χ2v) is 3.29. The molecule has 15 heavy (non-hydrogen) atoms. The first-order chi connectivity index (χ1) is 6.40. The number of benzene rings is 1. The first-order valence-corrected chi connectivity index (χ1v) is 4.35. The molecule has 0 saturated heterocycles. The SMILES string of the molecule is Cc1cccc(C)c1/C=C/[B-](F)(F)F.[K+]. The Morgan fingerprint density at radius 1 is 1.07 bits per heavy atom. The molecule has 1 aromatic rings. The van der Waals surface area contributed by atoms with Crippen LogP contribution in [0.15, 0.2) is 24.2 Å². The molecule has 76 valence electrons. The predicted molar refractivity (Wildman–Crippen MR) is 54.0 cm³/mol. The van der Waals surface area contributed by atoms with E-state index in [1.54, 1.807) is 26.0 Å². The summed E-state index contributed by atoms with van der Waals surface area (Å²) in [6, 6.07) is 5.44. The van der Waals surface area contributed by atoms with Gasteiger partial charge >= 0.3 is 58.4 Å². The van der Waals surface area contributed by atoms with E-state index in [9.17, 15) is 12.9 Å². The summed E-state index contributed by atoms with van der Waals surface area (Å²) in [5.74, 6) is 0.329. The third kappa shape index (κ3) is 5.36. The predicted octanol–water partition coefficient (Wildman–Crippen LogP) is 0.707. The number of hydrogen-bond acceptors (Lipinski definition) is 0. The minimum absolute atomic E-state index is 0. The van der Waals surface area contributed by atoms with Crippen LogP contribution in [0, 0.1) is 13.8 Å². The quantitative estimate of drug-likeness (QED) is 0.665. The molecule has 0 fully saturated rings. The van der Waals surface area contributed by atoms with Crippen LogP contribution in [0.2, 0.25) is 0 Å². The van der Waals surface area contributed by atoms with Crippen LogP contribution in [-0.2, 0) is 0 Å². The molecule has 0 saturated carbocycles. The third-order valence-corrected chi connectivity index (χ3v) is 2.02. The Morgan fingerprint density at radius 3 is 1.93 bits per heavy atom. The minimum atomic E-state index is -4.84. The zero-order valence-corrected chi connectivity index (χ0v) is 12.2. The fraction of sp³-hybridized carbons (Fsp3) is 0.200. The van der Waals surface area contributed by atoms with Crippen LogP contribution >= 0.6 is 0 Å². The minimum Gasteiger partial charge on any atom is -0.445 e. The second kappa shape index (κ2) is 6.25. The van der Waals surface area contributed by atoms with Crippen molar-refractivity contribution in [3.8, 4) is 0 Å². The maximum absolute atomic E-state index is 12.0. The zero-order chi connectivity index (χ0) is 10.8. The van der Waals surface area contributed by atoms with Gasteiger partial charge in [-0.2, -0.15) is 0 Å². The van der Waals surface area contributed by atoms with Gasteiger partial charge in [0, 0.05) is 0 Å². The maximum atomic E-state index is 12.0. The first kappa shape index (κ1) is 15.5. The summed E-state index contributed by atoms with van der Waals surface area (Å²) in [6.45, 7) is -1.23. The average molecular weight is 238 g/mol. The van der Waals surface area contributed by atoms with Crippen LogP contribution in [-0.4, -0.2) is 6.98 Å². The molecule has 1 rings (SSSR count). The molecular formula is C10H11BF3K. The Bertz CT molecular complexity index is 338. The van der Waals surface area contributed by atoms with Gasteiger partial charge in [-0.1, -0.05) is 24.3 Å². The molecule has 0 spiro atoms. The van der Waals surface area contributed by atoms with E-state index in [0.29, 0.717) is 11.5 Å². The van der Waals surface area contributed by atoms with E-state index in [1.807, 2.05) is 6.07 Å². The van der Waals surface area contributed by atoms with E-state index in [2.05, 4.69) is 0 Å². The summed E-state index contributed by atoms with van der Waals surface area (Å²) in [4.78, 5) is 0. The van der Waals surface area contributed by atoms with Gasteiger partial charge in [-0.25, -0.2) is 0 Å². The Hall–Kier alpha value is 0.451. The van der Waals surface area contributed by atoms with E-state index in [0.717, 1.165) is 17.2 Å². The van der Waals surface area contributed by atoms with Crippen molar-refractivity contribution in [3.63, 3.8) is 0 Å². The zero-order valence-electron chi connectivity index (χ0n) is 9.10. The Kier molecular flexibility index (Phi) is 6.44. The van der Waals surface area contributed by atoms with Crippen molar-refractivity contribution in [1.29, 1.82) is 0 Å². The molecule has 0 aliphatic heterocycles. The van der Waals surface area contributed by atoms with Crippen molar-refractivity contribution < 1.29 is 64.3 Å². The van der Waals surface area contributed by atoms with Crippen LogP contribution < -0.4 is 51.4 Å². The number of aryl methyl sites for hydroxylation is 2. The van der Waals surface area contributed by atoms with Gasteiger partial charge in [0.15, 0.2) is 0 Å². The molecule has 0 heterocycles. The van der Waals surface area contributed by atoms with Gasteiger partial charge in [-0.15, -0.1) is 5.98 Å². The van der Waals surface area contributed by atoms with Crippen molar-refractivity contribution in [3.05, 3.63) is 40.9 Å². The molecule has 0 bridgehead atoms. The van der Waals surface area contributed by atoms with E-state index in [1.165, 1.54) is 0 Å². The van der Waals surface area contributed by atoms with Gasteiger partial charge < -0.3 is 12.9 Å². The van der Waals surface area contributed by atoms with E-state index < -0.39 is 6.98 Å². The van der Waals surface area contributed by atoms with Crippen LogP contribution in [0.3, 0.4) is 0 Å². The van der Waals surface area contributed by atoms with Crippen molar-refractivity contribution in [2.75, 3.05) is 0 Å². The maximum Gasteiger partial charge on any atom is 1.00 e. The fourth-order valence-corrected chi connectivity index (χ4v) is 1.30. The molecule has 0 aromatic heterocycles. The van der Waals surface area contributed by atoms with Crippen LogP contribution in [0.1, 0.15) is 16.7 Å². The van der Waals surface area contributed by atoms with E-state index >= 15 is 0 Å². The van der Waals surface area contributed by atoms with Crippen molar-refractivity contribution >= 4 is 13.1 Å². The van der Waals surface area contributed by atoms with Gasteiger partial charge in [0.25, 0.3) is 0 Å². The average Bonchev–Trinajstić information content (AvgIpc) is 2.01. The molecule has 0 aliphatic rings. The summed E-state index contributed by atoms with van der Waals surface area (Å²) in [6.07, 6.45) is 1.14. The van der Waals surface area contributed by atoms with Gasteiger partial charge in [0.2, 0.25) is 0 Å². The van der Waals surface area contributed by atoms with Crippen LogP contribution in [0.4, 0.5) is 12.9 Å². The summed E-state index contributed by atoms with van der Waals surface area (Å²) in [5, 5.41) is 0. The molecule has 0 N–H and O–H groups in total. The number of rotatable bonds is 2.